The molecule has 4 nitrogen and oxygen atoms in total. The van der Waals surface area contributed by atoms with Crippen molar-refractivity contribution in [2.24, 2.45) is 11.1 Å². The molecule has 0 spiro atoms. The summed E-state index contributed by atoms with van der Waals surface area (Å²) in [7, 11) is 0. The minimum atomic E-state index is -0.586. The first-order chi connectivity index (χ1) is 9.25. The molecule has 0 aliphatic heterocycles. The van der Waals surface area contributed by atoms with Crippen molar-refractivity contribution in [3.05, 3.63) is 23.2 Å². The second kappa shape index (κ2) is 8.47. The number of nitrogens with one attached hydrogen (secondary N) is 1. The first-order valence-corrected chi connectivity index (χ1v) is 7.12. The Kier molecular flexibility index (Phi) is 8.08. The van der Waals surface area contributed by atoms with Crippen LogP contribution in [0.2, 0.25) is 5.02 Å². The number of anilines is 1. The van der Waals surface area contributed by atoms with E-state index in [0.717, 1.165) is 6.42 Å². The fraction of sp³-hybridized carbons (Fsp3) is 0.533. The lowest BCUT2D eigenvalue weighted by Crippen LogP contribution is -2.45. The molecule has 3 N–H and O–H groups in total. The highest BCUT2D eigenvalue weighted by atomic mass is 35.5. The molecule has 1 rings (SSSR count). The normalized spacial score (nSPS) is 12.3. The summed E-state index contributed by atoms with van der Waals surface area (Å²) in [6.07, 6.45) is 0.912. The van der Waals surface area contributed by atoms with E-state index in [0.29, 0.717) is 23.1 Å². The van der Waals surface area contributed by atoms with Gasteiger partial charge in [-0.2, -0.15) is 0 Å². The van der Waals surface area contributed by atoms with Crippen molar-refractivity contribution in [2.75, 3.05) is 11.9 Å². The van der Waals surface area contributed by atoms with Crippen LogP contribution in [0.25, 0.3) is 0 Å². The molecule has 21 heavy (non-hydrogen) atoms. The van der Waals surface area contributed by atoms with Crippen LogP contribution >= 0.6 is 24.0 Å². The minimum Gasteiger partial charge on any atom is -0.492 e. The van der Waals surface area contributed by atoms with Crippen molar-refractivity contribution >= 4 is 35.6 Å². The van der Waals surface area contributed by atoms with Gasteiger partial charge in [0, 0.05) is 5.69 Å². The lowest BCUT2D eigenvalue weighted by atomic mass is 9.87. The van der Waals surface area contributed by atoms with Crippen molar-refractivity contribution in [1.82, 2.24) is 0 Å². The molecule has 0 heterocycles. The first kappa shape index (κ1) is 20.0. The van der Waals surface area contributed by atoms with Gasteiger partial charge < -0.3 is 15.8 Å². The van der Waals surface area contributed by atoms with Crippen molar-refractivity contribution in [2.45, 2.75) is 40.2 Å². The zero-order valence-corrected chi connectivity index (χ0v) is 14.5. The van der Waals surface area contributed by atoms with Gasteiger partial charge in [-0.3, -0.25) is 4.79 Å². The summed E-state index contributed by atoms with van der Waals surface area (Å²) < 4.78 is 5.48. The number of nitrogens with two attached hydrogens (primary N) is 1. The molecule has 0 aliphatic rings. The van der Waals surface area contributed by atoms with Crippen LogP contribution in [0.5, 0.6) is 5.75 Å². The Balaban J connectivity index is 0.00000400. The number of hydrogen-bond acceptors (Lipinski definition) is 3. The van der Waals surface area contributed by atoms with E-state index in [1.54, 1.807) is 18.2 Å². The molecule has 0 bridgehead atoms. The van der Waals surface area contributed by atoms with Gasteiger partial charge in [0.2, 0.25) is 5.91 Å². The average molecular weight is 335 g/mol. The molecular weight excluding hydrogens is 311 g/mol. The molecule has 0 saturated heterocycles. The standard InChI is InChI=1S/C15H23ClN2O2.ClH/c1-5-8-20-12-7-6-10(9-11(12)16)18-14(19)13(17)15(2,3)4;/h6-7,9,13H,5,8,17H2,1-4H3,(H,18,19);1H/t13-;/m1./s1. The molecule has 1 amide bonds. The number of amides is 1. The predicted molar refractivity (Wildman–Crippen MR) is 90.5 cm³/mol. The molecule has 0 saturated carbocycles. The topological polar surface area (TPSA) is 64.3 Å². The van der Waals surface area contributed by atoms with Gasteiger partial charge >= 0.3 is 0 Å². The van der Waals surface area contributed by atoms with Gasteiger partial charge in [-0.1, -0.05) is 39.3 Å². The van der Waals surface area contributed by atoms with Crippen LogP contribution in [-0.4, -0.2) is 18.6 Å². The monoisotopic (exact) mass is 334 g/mol. The van der Waals surface area contributed by atoms with E-state index in [-0.39, 0.29) is 23.7 Å². The summed E-state index contributed by atoms with van der Waals surface area (Å²) in [6, 6.07) is 4.58. The summed E-state index contributed by atoms with van der Waals surface area (Å²) in [5, 5.41) is 3.24. The Bertz CT molecular complexity index is 473. The van der Waals surface area contributed by atoms with Crippen molar-refractivity contribution in [1.29, 1.82) is 0 Å². The maximum absolute atomic E-state index is 12.0. The number of carbonyl (C=O) groups excluding carboxylic acids is 1. The van der Waals surface area contributed by atoms with Crippen LogP contribution in [0.15, 0.2) is 18.2 Å². The third kappa shape index (κ3) is 6.12. The van der Waals surface area contributed by atoms with Gasteiger partial charge in [0.25, 0.3) is 0 Å². The van der Waals surface area contributed by atoms with Crippen LogP contribution < -0.4 is 15.8 Å². The lowest BCUT2D eigenvalue weighted by Gasteiger charge is -2.25. The third-order valence-electron chi connectivity index (χ3n) is 2.88. The maximum atomic E-state index is 12.0. The molecule has 1 aromatic rings. The number of hydrogen-bond donors (Lipinski definition) is 2. The molecule has 120 valence electrons. The minimum absolute atomic E-state index is 0. The van der Waals surface area contributed by atoms with Crippen molar-refractivity contribution < 1.29 is 9.53 Å². The summed E-state index contributed by atoms with van der Waals surface area (Å²) in [5.41, 5.74) is 6.23. The van der Waals surface area contributed by atoms with Crippen molar-refractivity contribution in [3.8, 4) is 5.75 Å². The third-order valence-corrected chi connectivity index (χ3v) is 3.17. The zero-order valence-electron chi connectivity index (χ0n) is 12.9. The van der Waals surface area contributed by atoms with E-state index in [4.69, 9.17) is 22.1 Å². The molecule has 0 fully saturated rings. The van der Waals surface area contributed by atoms with Gasteiger partial charge in [0.05, 0.1) is 17.7 Å². The van der Waals surface area contributed by atoms with Gasteiger partial charge in [-0.15, -0.1) is 12.4 Å². The molecule has 0 aliphatic carbocycles. The Labute approximate surface area is 137 Å². The number of ether oxygens (including phenoxy) is 1. The summed E-state index contributed by atoms with van der Waals surface area (Å²) in [4.78, 5) is 12.0. The molecule has 0 unspecified atom stereocenters. The fourth-order valence-electron chi connectivity index (χ4n) is 1.52. The number of carbonyl (C=O) groups is 1. The smallest absolute Gasteiger partial charge is 0.241 e. The highest BCUT2D eigenvalue weighted by Crippen LogP contribution is 2.28. The lowest BCUT2D eigenvalue weighted by molar-refractivity contribution is -0.119. The van der Waals surface area contributed by atoms with Gasteiger partial charge in [0.15, 0.2) is 0 Å². The van der Waals surface area contributed by atoms with E-state index >= 15 is 0 Å². The second-order valence-electron chi connectivity index (χ2n) is 5.83. The molecule has 0 radical (unpaired) electrons. The Morgan fingerprint density at radius 1 is 1.43 bits per heavy atom. The maximum Gasteiger partial charge on any atom is 0.241 e. The Morgan fingerprint density at radius 2 is 2.05 bits per heavy atom. The molecule has 1 atom stereocenters. The number of benzene rings is 1. The molecule has 6 heteroatoms. The van der Waals surface area contributed by atoms with Gasteiger partial charge in [0.1, 0.15) is 5.75 Å². The van der Waals surface area contributed by atoms with Crippen LogP contribution in [0.1, 0.15) is 34.1 Å². The summed E-state index contributed by atoms with van der Waals surface area (Å²) in [6.45, 7) is 8.40. The Hall–Kier alpha value is -0.970. The molecule has 0 aromatic heterocycles. The largest absolute Gasteiger partial charge is 0.492 e. The highest BCUT2D eigenvalue weighted by Gasteiger charge is 2.27. The van der Waals surface area contributed by atoms with E-state index in [9.17, 15) is 4.79 Å². The zero-order chi connectivity index (χ0) is 15.3. The quantitative estimate of drug-likeness (QED) is 0.859. The number of halogens is 2. The van der Waals surface area contributed by atoms with Crippen LogP contribution in [0.3, 0.4) is 0 Å². The predicted octanol–water partition coefficient (Wildman–Crippen LogP) is 3.86. The van der Waals surface area contributed by atoms with E-state index in [1.165, 1.54) is 0 Å². The van der Waals surface area contributed by atoms with Gasteiger partial charge in [-0.25, -0.2) is 0 Å². The second-order valence-corrected chi connectivity index (χ2v) is 6.23. The Morgan fingerprint density at radius 3 is 2.52 bits per heavy atom. The summed E-state index contributed by atoms with van der Waals surface area (Å²) >= 11 is 6.11. The average Bonchev–Trinajstić information content (AvgIpc) is 2.35. The van der Waals surface area contributed by atoms with Crippen LogP contribution in [0, 0.1) is 5.41 Å². The molecular formula is C15H24Cl2N2O2. The van der Waals surface area contributed by atoms with E-state index < -0.39 is 6.04 Å². The SMILES string of the molecule is CCCOc1ccc(NC(=O)[C@@H](N)C(C)(C)C)cc1Cl.Cl. The van der Waals surface area contributed by atoms with Crippen molar-refractivity contribution in [3.63, 3.8) is 0 Å². The number of rotatable bonds is 5. The van der Waals surface area contributed by atoms with Crippen LogP contribution in [0.4, 0.5) is 5.69 Å². The fourth-order valence-corrected chi connectivity index (χ4v) is 1.76. The summed E-state index contributed by atoms with van der Waals surface area (Å²) in [5.74, 6) is 0.391. The van der Waals surface area contributed by atoms with Gasteiger partial charge in [-0.05, 0) is 30.0 Å². The molecule has 1 aromatic carbocycles. The first-order valence-electron chi connectivity index (χ1n) is 6.74. The van der Waals surface area contributed by atoms with E-state index in [2.05, 4.69) is 5.32 Å². The highest BCUT2D eigenvalue weighted by molar-refractivity contribution is 6.32. The van der Waals surface area contributed by atoms with E-state index in [1.807, 2.05) is 27.7 Å². The van der Waals surface area contributed by atoms with Crippen LogP contribution in [-0.2, 0) is 4.79 Å².